The number of rotatable bonds is 4. The van der Waals surface area contributed by atoms with E-state index < -0.39 is 6.10 Å². The Kier molecular flexibility index (Phi) is 5.81. The molecule has 1 saturated heterocycles. The first-order chi connectivity index (χ1) is 10.2. The van der Waals surface area contributed by atoms with Crippen molar-refractivity contribution in [2.45, 2.75) is 38.5 Å². The zero-order valence-electron chi connectivity index (χ0n) is 12.7. The van der Waals surface area contributed by atoms with Crippen molar-refractivity contribution >= 4 is 18.4 Å². The van der Waals surface area contributed by atoms with Crippen LogP contribution in [0.4, 0.5) is 0 Å². The summed E-state index contributed by atoms with van der Waals surface area (Å²) in [5.41, 5.74) is 3.39. The summed E-state index contributed by atoms with van der Waals surface area (Å²) in [4.78, 5) is 11.5. The van der Waals surface area contributed by atoms with E-state index in [1.807, 2.05) is 13.0 Å². The minimum atomic E-state index is -0.562. The van der Waals surface area contributed by atoms with Crippen LogP contribution in [0, 0.1) is 6.92 Å². The molecule has 0 aromatic heterocycles. The third-order valence-corrected chi connectivity index (χ3v) is 4.46. The van der Waals surface area contributed by atoms with E-state index in [0.29, 0.717) is 24.8 Å². The Morgan fingerprint density at radius 3 is 3.05 bits per heavy atom. The molecule has 3 N–H and O–H groups in total. The summed E-state index contributed by atoms with van der Waals surface area (Å²) in [6.07, 6.45) is 1.75. The highest BCUT2D eigenvalue weighted by Crippen LogP contribution is 2.28. The van der Waals surface area contributed by atoms with Crippen molar-refractivity contribution < 1.29 is 14.6 Å². The number of piperidine rings is 1. The molecule has 2 heterocycles. The Labute approximate surface area is 136 Å². The maximum Gasteiger partial charge on any atom is 0.338 e. The van der Waals surface area contributed by atoms with E-state index in [0.717, 1.165) is 36.2 Å². The number of aliphatic hydroxyl groups is 1. The molecule has 6 heteroatoms. The second-order valence-electron chi connectivity index (χ2n) is 5.85. The standard InChI is InChI=1S/C16H22N2O3.ClH/c1-10-12(4-5-13-14(10)9-21-16(13)20)15(19)8-18-11-3-2-6-17-7-11;/h4-5,11,15,17-19H,2-3,6-9H2,1H3;1H/t11?,15-;/m0./s1. The largest absolute Gasteiger partial charge is 0.457 e. The summed E-state index contributed by atoms with van der Waals surface area (Å²) < 4.78 is 5.05. The van der Waals surface area contributed by atoms with Crippen LogP contribution in [-0.2, 0) is 11.3 Å². The minimum absolute atomic E-state index is 0. The van der Waals surface area contributed by atoms with Gasteiger partial charge < -0.3 is 20.5 Å². The fourth-order valence-corrected chi connectivity index (χ4v) is 3.14. The van der Waals surface area contributed by atoms with E-state index in [1.54, 1.807) is 6.07 Å². The Balaban J connectivity index is 0.00000176. The van der Waals surface area contributed by atoms with Gasteiger partial charge in [-0.3, -0.25) is 0 Å². The molecule has 0 spiro atoms. The molecule has 2 aliphatic rings. The van der Waals surface area contributed by atoms with Crippen molar-refractivity contribution in [3.63, 3.8) is 0 Å². The molecule has 1 aromatic carbocycles. The fourth-order valence-electron chi connectivity index (χ4n) is 3.14. The van der Waals surface area contributed by atoms with Crippen LogP contribution in [0.3, 0.4) is 0 Å². The van der Waals surface area contributed by atoms with Gasteiger partial charge in [-0.25, -0.2) is 4.79 Å². The SMILES string of the molecule is Cc1c([C@@H](O)CNC2CCCNC2)ccc2c1COC2=O.Cl. The van der Waals surface area contributed by atoms with Gasteiger partial charge in [-0.05, 0) is 43.5 Å². The molecule has 3 rings (SSSR count). The predicted molar refractivity (Wildman–Crippen MR) is 86.4 cm³/mol. The maximum atomic E-state index is 11.5. The number of fused-ring (bicyclic) bond motifs is 1. The van der Waals surface area contributed by atoms with Crippen LogP contribution in [-0.4, -0.2) is 36.8 Å². The third-order valence-electron chi connectivity index (χ3n) is 4.46. The summed E-state index contributed by atoms with van der Waals surface area (Å²) in [5, 5.41) is 17.2. The van der Waals surface area contributed by atoms with Crippen molar-refractivity contribution in [3.05, 3.63) is 34.4 Å². The van der Waals surface area contributed by atoms with Gasteiger partial charge >= 0.3 is 5.97 Å². The average molecular weight is 327 g/mol. The average Bonchev–Trinajstić information content (AvgIpc) is 2.89. The summed E-state index contributed by atoms with van der Waals surface area (Å²) >= 11 is 0. The van der Waals surface area contributed by atoms with Crippen molar-refractivity contribution in [2.75, 3.05) is 19.6 Å². The molecule has 0 aliphatic carbocycles. The second kappa shape index (κ2) is 7.42. The molecule has 2 aliphatic heterocycles. The highest BCUT2D eigenvalue weighted by atomic mass is 35.5. The quantitative estimate of drug-likeness (QED) is 0.731. The lowest BCUT2D eigenvalue weighted by Gasteiger charge is -2.25. The smallest absolute Gasteiger partial charge is 0.338 e. The van der Waals surface area contributed by atoms with Gasteiger partial charge in [0.25, 0.3) is 0 Å². The number of ether oxygens (including phenoxy) is 1. The third kappa shape index (κ3) is 3.43. The number of hydrogen-bond acceptors (Lipinski definition) is 5. The predicted octanol–water partition coefficient (Wildman–Crippen LogP) is 1.46. The molecule has 5 nitrogen and oxygen atoms in total. The number of cyclic esters (lactones) is 1. The molecule has 2 atom stereocenters. The van der Waals surface area contributed by atoms with E-state index in [-0.39, 0.29) is 18.4 Å². The van der Waals surface area contributed by atoms with E-state index in [1.165, 1.54) is 6.42 Å². The molecule has 1 unspecified atom stereocenters. The monoisotopic (exact) mass is 326 g/mol. The summed E-state index contributed by atoms with van der Waals surface area (Å²) in [7, 11) is 0. The highest BCUT2D eigenvalue weighted by molar-refractivity contribution is 5.93. The molecule has 0 amide bonds. The number of esters is 1. The van der Waals surface area contributed by atoms with Crippen molar-refractivity contribution in [1.82, 2.24) is 10.6 Å². The van der Waals surface area contributed by atoms with Crippen LogP contribution in [0.25, 0.3) is 0 Å². The van der Waals surface area contributed by atoms with Crippen LogP contribution >= 0.6 is 12.4 Å². The molecular weight excluding hydrogens is 304 g/mol. The minimum Gasteiger partial charge on any atom is -0.457 e. The number of carbonyl (C=O) groups is 1. The molecule has 0 radical (unpaired) electrons. The van der Waals surface area contributed by atoms with Gasteiger partial charge in [0, 0.05) is 24.7 Å². The van der Waals surface area contributed by atoms with Crippen LogP contribution < -0.4 is 10.6 Å². The number of hydrogen-bond donors (Lipinski definition) is 3. The molecular formula is C16H23ClN2O3. The lowest BCUT2D eigenvalue weighted by molar-refractivity contribution is 0.0535. The van der Waals surface area contributed by atoms with Gasteiger partial charge in [0.05, 0.1) is 11.7 Å². The molecule has 0 bridgehead atoms. The number of nitrogens with one attached hydrogen (secondary N) is 2. The number of carbonyl (C=O) groups excluding carboxylic acids is 1. The lowest BCUT2D eigenvalue weighted by Crippen LogP contribution is -2.44. The molecule has 0 saturated carbocycles. The van der Waals surface area contributed by atoms with Gasteiger partial charge in [-0.2, -0.15) is 0 Å². The van der Waals surface area contributed by atoms with E-state index in [4.69, 9.17) is 4.74 Å². The van der Waals surface area contributed by atoms with E-state index in [2.05, 4.69) is 10.6 Å². The molecule has 1 aromatic rings. The molecule has 22 heavy (non-hydrogen) atoms. The Morgan fingerprint density at radius 1 is 1.50 bits per heavy atom. The Hall–Kier alpha value is -1.14. The topological polar surface area (TPSA) is 70.6 Å². The molecule has 1 fully saturated rings. The fraction of sp³-hybridized carbons (Fsp3) is 0.562. The molecule has 122 valence electrons. The number of halogens is 1. The first kappa shape index (κ1) is 17.2. The Morgan fingerprint density at radius 2 is 2.32 bits per heavy atom. The number of benzene rings is 1. The second-order valence-corrected chi connectivity index (χ2v) is 5.85. The zero-order chi connectivity index (χ0) is 14.8. The van der Waals surface area contributed by atoms with Gasteiger partial charge in [0.1, 0.15) is 6.61 Å². The zero-order valence-corrected chi connectivity index (χ0v) is 13.5. The van der Waals surface area contributed by atoms with Crippen LogP contribution in [0.15, 0.2) is 12.1 Å². The van der Waals surface area contributed by atoms with Crippen LogP contribution in [0.2, 0.25) is 0 Å². The first-order valence-corrected chi connectivity index (χ1v) is 7.58. The van der Waals surface area contributed by atoms with Crippen molar-refractivity contribution in [1.29, 1.82) is 0 Å². The first-order valence-electron chi connectivity index (χ1n) is 7.58. The Bertz CT molecular complexity index is 544. The van der Waals surface area contributed by atoms with Crippen LogP contribution in [0.5, 0.6) is 0 Å². The lowest BCUT2D eigenvalue weighted by atomic mass is 9.95. The summed E-state index contributed by atoms with van der Waals surface area (Å²) in [5.74, 6) is -0.263. The number of aliphatic hydroxyl groups excluding tert-OH is 1. The normalized spacial score (nSPS) is 21.7. The highest BCUT2D eigenvalue weighted by Gasteiger charge is 2.25. The van der Waals surface area contributed by atoms with E-state index in [9.17, 15) is 9.90 Å². The van der Waals surface area contributed by atoms with Gasteiger partial charge in [0.2, 0.25) is 0 Å². The van der Waals surface area contributed by atoms with Crippen LogP contribution in [0.1, 0.15) is 46.0 Å². The summed E-state index contributed by atoms with van der Waals surface area (Å²) in [6, 6.07) is 4.03. The maximum absolute atomic E-state index is 11.5. The van der Waals surface area contributed by atoms with Gasteiger partial charge in [-0.15, -0.1) is 12.4 Å². The van der Waals surface area contributed by atoms with Gasteiger partial charge in [-0.1, -0.05) is 6.07 Å². The van der Waals surface area contributed by atoms with E-state index >= 15 is 0 Å². The summed E-state index contributed by atoms with van der Waals surface area (Å²) in [6.45, 7) is 4.83. The van der Waals surface area contributed by atoms with Crippen molar-refractivity contribution in [3.8, 4) is 0 Å². The van der Waals surface area contributed by atoms with Gasteiger partial charge in [0.15, 0.2) is 0 Å². The van der Waals surface area contributed by atoms with Crippen molar-refractivity contribution in [2.24, 2.45) is 0 Å².